The second kappa shape index (κ2) is 4.51. The van der Waals surface area contributed by atoms with Crippen LogP contribution in [-0.4, -0.2) is 43.5 Å². The van der Waals surface area contributed by atoms with Gasteiger partial charge in [-0.25, -0.2) is 13.4 Å². The SMILES string of the molecule is CC1(O)CCCN(c2ncccc2S(C)(=O)=O)C1. The Morgan fingerprint density at radius 2 is 2.22 bits per heavy atom. The summed E-state index contributed by atoms with van der Waals surface area (Å²) in [5, 5.41) is 10.1. The number of piperidine rings is 1. The number of anilines is 1. The summed E-state index contributed by atoms with van der Waals surface area (Å²) >= 11 is 0. The Bertz CT molecular complexity index is 540. The van der Waals surface area contributed by atoms with Crippen LogP contribution in [0, 0.1) is 0 Å². The summed E-state index contributed by atoms with van der Waals surface area (Å²) in [5.74, 6) is 0.444. The topological polar surface area (TPSA) is 70.5 Å². The Hall–Kier alpha value is -1.14. The molecular weight excluding hydrogens is 252 g/mol. The van der Waals surface area contributed by atoms with Crippen molar-refractivity contribution in [1.29, 1.82) is 0 Å². The van der Waals surface area contributed by atoms with Gasteiger partial charge in [0, 0.05) is 25.5 Å². The monoisotopic (exact) mass is 270 g/mol. The van der Waals surface area contributed by atoms with Crippen molar-refractivity contribution in [2.45, 2.75) is 30.3 Å². The summed E-state index contributed by atoms with van der Waals surface area (Å²) in [5.41, 5.74) is -0.787. The lowest BCUT2D eigenvalue weighted by Gasteiger charge is -2.38. The van der Waals surface area contributed by atoms with Crippen molar-refractivity contribution < 1.29 is 13.5 Å². The van der Waals surface area contributed by atoms with Crippen molar-refractivity contribution in [2.24, 2.45) is 0 Å². The molecule has 0 amide bonds. The van der Waals surface area contributed by atoms with E-state index in [2.05, 4.69) is 4.98 Å². The highest BCUT2D eigenvalue weighted by Gasteiger charge is 2.31. The molecular formula is C12H18N2O3S. The molecule has 1 aliphatic rings. The maximum atomic E-state index is 11.7. The summed E-state index contributed by atoms with van der Waals surface area (Å²) in [6.45, 7) is 2.89. The molecule has 6 heteroatoms. The van der Waals surface area contributed by atoms with E-state index in [4.69, 9.17) is 0 Å². The molecule has 2 rings (SSSR count). The molecule has 0 saturated carbocycles. The van der Waals surface area contributed by atoms with Crippen LogP contribution in [0.2, 0.25) is 0 Å². The van der Waals surface area contributed by atoms with Crippen LogP contribution in [0.15, 0.2) is 23.2 Å². The van der Waals surface area contributed by atoms with Gasteiger partial charge in [0.15, 0.2) is 9.84 Å². The minimum absolute atomic E-state index is 0.225. The van der Waals surface area contributed by atoms with Gasteiger partial charge in [-0.05, 0) is 31.9 Å². The molecule has 100 valence electrons. The Kier molecular flexibility index (Phi) is 3.33. The molecule has 1 fully saturated rings. The molecule has 0 aliphatic carbocycles. The summed E-state index contributed by atoms with van der Waals surface area (Å²) in [4.78, 5) is 6.24. The van der Waals surface area contributed by atoms with Crippen LogP contribution in [-0.2, 0) is 9.84 Å². The number of nitrogens with zero attached hydrogens (tertiary/aromatic N) is 2. The Labute approximate surface area is 107 Å². The average molecular weight is 270 g/mol. The Morgan fingerprint density at radius 1 is 1.50 bits per heavy atom. The second-order valence-corrected chi connectivity index (χ2v) is 7.10. The van der Waals surface area contributed by atoms with Crippen molar-refractivity contribution in [3.8, 4) is 0 Å². The molecule has 5 nitrogen and oxygen atoms in total. The zero-order chi connectivity index (χ0) is 13.4. The standard InChI is InChI=1S/C12H18N2O3S/c1-12(15)6-4-8-14(9-12)11-10(18(2,16)17)5-3-7-13-11/h3,5,7,15H,4,6,8-9H2,1-2H3. The quantitative estimate of drug-likeness (QED) is 0.862. The lowest BCUT2D eigenvalue weighted by atomic mass is 9.95. The first kappa shape index (κ1) is 13.3. The van der Waals surface area contributed by atoms with E-state index in [0.717, 1.165) is 19.4 Å². The first-order valence-electron chi connectivity index (χ1n) is 5.92. The zero-order valence-electron chi connectivity index (χ0n) is 10.6. The highest BCUT2D eigenvalue weighted by Crippen LogP contribution is 2.28. The normalized spacial score (nSPS) is 25.2. The summed E-state index contributed by atoms with van der Waals surface area (Å²) < 4.78 is 23.5. The molecule has 1 unspecified atom stereocenters. The Balaban J connectivity index is 2.40. The number of β-amino-alcohol motifs (C(OH)–C–C–N with tert-alkyl or cyclic N) is 1. The van der Waals surface area contributed by atoms with Gasteiger partial charge in [0.05, 0.1) is 5.60 Å². The molecule has 0 aromatic carbocycles. The minimum Gasteiger partial charge on any atom is -0.388 e. The first-order chi connectivity index (χ1) is 8.30. The second-order valence-electron chi connectivity index (χ2n) is 5.12. The molecule has 1 aromatic heterocycles. The predicted octanol–water partition coefficient (Wildman–Crippen LogP) is 0.836. The largest absolute Gasteiger partial charge is 0.388 e. The number of pyridine rings is 1. The van der Waals surface area contributed by atoms with E-state index in [1.165, 1.54) is 6.26 Å². The van der Waals surface area contributed by atoms with Crippen LogP contribution < -0.4 is 4.90 Å². The van der Waals surface area contributed by atoms with Gasteiger partial charge in [0.25, 0.3) is 0 Å². The van der Waals surface area contributed by atoms with Crippen molar-refractivity contribution in [3.63, 3.8) is 0 Å². The number of hydrogen-bond acceptors (Lipinski definition) is 5. The molecule has 1 atom stereocenters. The lowest BCUT2D eigenvalue weighted by Crippen LogP contribution is -2.46. The van der Waals surface area contributed by atoms with Crippen LogP contribution in [0.25, 0.3) is 0 Å². The molecule has 1 N–H and O–H groups in total. The third-order valence-electron chi connectivity index (χ3n) is 3.12. The predicted molar refractivity (Wildman–Crippen MR) is 69.4 cm³/mol. The van der Waals surface area contributed by atoms with Gasteiger partial charge in [-0.2, -0.15) is 0 Å². The van der Waals surface area contributed by atoms with Gasteiger partial charge in [-0.15, -0.1) is 0 Å². The molecule has 18 heavy (non-hydrogen) atoms. The van der Waals surface area contributed by atoms with E-state index < -0.39 is 15.4 Å². The molecule has 1 aromatic rings. The molecule has 1 aliphatic heterocycles. The average Bonchev–Trinajstić information content (AvgIpc) is 2.26. The third kappa shape index (κ3) is 2.81. The van der Waals surface area contributed by atoms with Gasteiger partial charge >= 0.3 is 0 Å². The fourth-order valence-corrected chi connectivity index (χ4v) is 3.15. The summed E-state index contributed by atoms with van der Waals surface area (Å²) in [6.07, 6.45) is 4.31. The van der Waals surface area contributed by atoms with Gasteiger partial charge in [0.2, 0.25) is 0 Å². The third-order valence-corrected chi connectivity index (χ3v) is 4.24. The van der Waals surface area contributed by atoms with Gasteiger partial charge < -0.3 is 10.0 Å². The fourth-order valence-electron chi connectivity index (χ4n) is 2.31. The molecule has 0 spiro atoms. The van der Waals surface area contributed by atoms with Gasteiger partial charge in [-0.1, -0.05) is 0 Å². The van der Waals surface area contributed by atoms with E-state index in [0.29, 0.717) is 12.4 Å². The van der Waals surface area contributed by atoms with E-state index in [1.54, 1.807) is 25.3 Å². The van der Waals surface area contributed by atoms with Crippen LogP contribution in [0.1, 0.15) is 19.8 Å². The van der Waals surface area contributed by atoms with Crippen molar-refractivity contribution in [1.82, 2.24) is 4.98 Å². The van der Waals surface area contributed by atoms with Crippen molar-refractivity contribution in [2.75, 3.05) is 24.2 Å². The highest BCUT2D eigenvalue weighted by molar-refractivity contribution is 7.90. The maximum absolute atomic E-state index is 11.7. The van der Waals surface area contributed by atoms with Crippen LogP contribution in [0.4, 0.5) is 5.82 Å². The van der Waals surface area contributed by atoms with E-state index >= 15 is 0 Å². The summed E-state index contributed by atoms with van der Waals surface area (Å²) in [7, 11) is -3.31. The zero-order valence-corrected chi connectivity index (χ0v) is 11.4. The first-order valence-corrected chi connectivity index (χ1v) is 7.81. The smallest absolute Gasteiger partial charge is 0.179 e. The number of aromatic nitrogens is 1. The maximum Gasteiger partial charge on any atom is 0.179 e. The number of rotatable bonds is 2. The van der Waals surface area contributed by atoms with Crippen LogP contribution >= 0.6 is 0 Å². The van der Waals surface area contributed by atoms with E-state index in [9.17, 15) is 13.5 Å². The summed E-state index contributed by atoms with van der Waals surface area (Å²) in [6, 6.07) is 3.17. The number of sulfone groups is 1. The Morgan fingerprint density at radius 3 is 2.83 bits per heavy atom. The number of aliphatic hydroxyl groups is 1. The van der Waals surface area contributed by atoms with Crippen molar-refractivity contribution in [3.05, 3.63) is 18.3 Å². The fraction of sp³-hybridized carbons (Fsp3) is 0.583. The molecule has 0 bridgehead atoms. The highest BCUT2D eigenvalue weighted by atomic mass is 32.2. The number of hydrogen-bond donors (Lipinski definition) is 1. The van der Waals surface area contributed by atoms with E-state index in [1.807, 2.05) is 4.90 Å². The molecule has 0 radical (unpaired) electrons. The van der Waals surface area contributed by atoms with E-state index in [-0.39, 0.29) is 4.90 Å². The van der Waals surface area contributed by atoms with Crippen molar-refractivity contribution >= 4 is 15.7 Å². The van der Waals surface area contributed by atoms with Gasteiger partial charge in [0.1, 0.15) is 10.7 Å². The lowest BCUT2D eigenvalue weighted by molar-refractivity contribution is 0.0445. The van der Waals surface area contributed by atoms with Crippen LogP contribution in [0.3, 0.4) is 0 Å². The molecule has 1 saturated heterocycles. The van der Waals surface area contributed by atoms with Gasteiger partial charge in [-0.3, -0.25) is 0 Å². The van der Waals surface area contributed by atoms with Crippen LogP contribution in [0.5, 0.6) is 0 Å². The minimum atomic E-state index is -3.31. The molecule has 2 heterocycles.